The molecule has 0 aliphatic heterocycles. The summed E-state index contributed by atoms with van der Waals surface area (Å²) in [6, 6.07) is 104. The zero-order valence-electron chi connectivity index (χ0n) is 45.5. The molecule has 0 saturated carbocycles. The third-order valence-corrected chi connectivity index (χ3v) is 17.1. The van der Waals surface area contributed by atoms with Gasteiger partial charge in [-0.05, 0) is 170 Å². The summed E-state index contributed by atoms with van der Waals surface area (Å²) < 4.78 is 36.4. The number of halogens is 2. The van der Waals surface area contributed by atoms with Gasteiger partial charge in [0.25, 0.3) is 0 Å². The van der Waals surface area contributed by atoms with Crippen molar-refractivity contribution in [2.75, 3.05) is 9.80 Å². The molecule has 0 amide bonds. The molecule has 16 aromatic rings. The molecule has 0 aliphatic rings. The van der Waals surface area contributed by atoms with Crippen LogP contribution in [0.3, 0.4) is 0 Å². The van der Waals surface area contributed by atoms with E-state index >= 15 is 8.78 Å². The number of hydrogen-bond donors (Lipinski definition) is 0. The lowest BCUT2D eigenvalue weighted by Crippen LogP contribution is -2.13. The van der Waals surface area contributed by atoms with Crippen molar-refractivity contribution < 1.29 is 8.78 Å². The molecule has 0 spiro atoms. The van der Waals surface area contributed by atoms with Gasteiger partial charge in [-0.25, -0.2) is 8.78 Å². The first-order valence-electron chi connectivity index (χ1n) is 28.5. The van der Waals surface area contributed by atoms with Crippen molar-refractivity contribution in [3.8, 4) is 44.5 Å². The summed E-state index contributed by atoms with van der Waals surface area (Å²) in [7, 11) is 0. The molecule has 394 valence electrons. The van der Waals surface area contributed by atoms with Gasteiger partial charge in [-0.15, -0.1) is 0 Å². The highest BCUT2D eigenvalue weighted by molar-refractivity contribution is 6.28. The average molecular weight is 1080 g/mol. The number of benzene rings is 16. The minimum Gasteiger partial charge on any atom is -0.307 e. The van der Waals surface area contributed by atoms with Crippen molar-refractivity contribution >= 4 is 110 Å². The smallest absolute Gasteiger partial charge is 0.147 e. The standard InChI is InChI=1S/C80H50F2N2/c81-73-47-69(63-35-15-23-51-19-7-11-31-59(51)63)71(65-37-17-25-53-21-9-13-33-61(53)65)49-77(73)83(57-27-3-1-4-28-57)75-45-41-55-40-44-68-76(46-42-56-39-43-67(75)79(55)80(56)68)84(58-29-5-2-6-30-58)78-50-72(66-38-18-26-54-22-10-14-34-62(54)66)70(48-74(78)82)64-36-16-24-52-20-8-12-32-60(52)64/h1-50H. The highest BCUT2D eigenvalue weighted by Gasteiger charge is 2.28. The molecule has 0 atom stereocenters. The summed E-state index contributed by atoms with van der Waals surface area (Å²) in [5.74, 6) is -0.706. The summed E-state index contributed by atoms with van der Waals surface area (Å²) in [6.45, 7) is 0. The Balaban J connectivity index is 0.931. The van der Waals surface area contributed by atoms with Crippen LogP contribution in [0, 0.1) is 11.6 Å². The predicted octanol–water partition coefficient (Wildman–Crippen LogP) is 23.1. The quantitative estimate of drug-likeness (QED) is 0.126. The van der Waals surface area contributed by atoms with E-state index in [4.69, 9.17) is 0 Å². The second-order valence-electron chi connectivity index (χ2n) is 21.7. The van der Waals surface area contributed by atoms with Gasteiger partial charge in [0.05, 0.1) is 22.7 Å². The maximum absolute atomic E-state index is 18.2. The van der Waals surface area contributed by atoms with E-state index in [0.29, 0.717) is 11.4 Å². The summed E-state index contributed by atoms with van der Waals surface area (Å²) in [4.78, 5) is 4.17. The van der Waals surface area contributed by atoms with Crippen molar-refractivity contribution in [1.29, 1.82) is 0 Å². The highest BCUT2D eigenvalue weighted by Crippen LogP contribution is 2.52. The largest absolute Gasteiger partial charge is 0.307 e. The lowest BCUT2D eigenvalue weighted by Gasteiger charge is -2.30. The van der Waals surface area contributed by atoms with Gasteiger partial charge in [0.2, 0.25) is 0 Å². The van der Waals surface area contributed by atoms with E-state index in [9.17, 15) is 0 Å². The lowest BCUT2D eigenvalue weighted by molar-refractivity contribution is 0.629. The Morgan fingerprint density at radius 2 is 0.476 bits per heavy atom. The van der Waals surface area contributed by atoms with E-state index in [-0.39, 0.29) is 11.6 Å². The van der Waals surface area contributed by atoms with Gasteiger partial charge in [-0.3, -0.25) is 0 Å². The van der Waals surface area contributed by atoms with Crippen LogP contribution in [-0.2, 0) is 0 Å². The SMILES string of the molecule is Fc1cc(-c2cccc3ccccc23)c(-c2cccc3ccccc23)cc1N(c1ccccc1)c1ccc2ccc3c(N(c4ccccc4)c4cc(-c5cccc6ccccc56)c(-c5cccc6ccccc56)cc4F)ccc4ccc1c2c43. The molecule has 0 N–H and O–H groups in total. The third-order valence-electron chi connectivity index (χ3n) is 17.1. The zero-order chi connectivity index (χ0) is 55.8. The number of para-hydroxylation sites is 2. The van der Waals surface area contributed by atoms with Crippen molar-refractivity contribution in [2.24, 2.45) is 0 Å². The Morgan fingerprint density at radius 1 is 0.190 bits per heavy atom. The molecule has 0 radical (unpaired) electrons. The topological polar surface area (TPSA) is 6.48 Å². The molecular formula is C80H50F2N2. The Labute approximate surface area is 484 Å². The second kappa shape index (κ2) is 19.9. The zero-order valence-corrected chi connectivity index (χ0v) is 45.5. The molecule has 0 saturated heterocycles. The molecule has 0 aromatic heterocycles. The van der Waals surface area contributed by atoms with E-state index in [1.54, 1.807) is 12.1 Å². The molecule has 16 rings (SSSR count). The fourth-order valence-electron chi connectivity index (χ4n) is 13.3. The van der Waals surface area contributed by atoms with Crippen molar-refractivity contribution in [3.63, 3.8) is 0 Å². The normalized spacial score (nSPS) is 11.7. The van der Waals surface area contributed by atoms with Crippen molar-refractivity contribution in [3.05, 3.63) is 315 Å². The Kier molecular flexibility index (Phi) is 11.6. The van der Waals surface area contributed by atoms with E-state index < -0.39 is 0 Å². The Hall–Kier alpha value is -10.9. The van der Waals surface area contributed by atoms with E-state index in [2.05, 4.69) is 240 Å². The lowest BCUT2D eigenvalue weighted by atomic mass is 9.88. The van der Waals surface area contributed by atoms with Gasteiger partial charge in [-0.2, -0.15) is 0 Å². The fraction of sp³-hybridized carbons (Fsp3) is 0. The average Bonchev–Trinajstić information content (AvgIpc) is 1.34. The van der Waals surface area contributed by atoms with Gasteiger partial charge >= 0.3 is 0 Å². The maximum Gasteiger partial charge on any atom is 0.147 e. The molecule has 0 unspecified atom stereocenters. The van der Waals surface area contributed by atoms with E-state index in [1.165, 1.54) is 0 Å². The van der Waals surface area contributed by atoms with Crippen LogP contribution >= 0.6 is 0 Å². The van der Waals surface area contributed by atoms with Gasteiger partial charge in [0, 0.05) is 22.1 Å². The molecule has 0 bridgehead atoms. The second-order valence-corrected chi connectivity index (χ2v) is 21.7. The van der Waals surface area contributed by atoms with Crippen LogP contribution in [0.1, 0.15) is 0 Å². The highest BCUT2D eigenvalue weighted by atomic mass is 19.1. The number of nitrogens with zero attached hydrogens (tertiary/aromatic N) is 2. The first kappa shape index (κ1) is 48.9. The summed E-state index contributed by atoms with van der Waals surface area (Å²) in [5.41, 5.74) is 11.5. The number of hydrogen-bond acceptors (Lipinski definition) is 2. The van der Waals surface area contributed by atoms with Gasteiger partial charge in [0.15, 0.2) is 0 Å². The van der Waals surface area contributed by atoms with E-state index in [1.807, 2.05) is 60.7 Å². The van der Waals surface area contributed by atoms with Crippen LogP contribution in [0.5, 0.6) is 0 Å². The van der Waals surface area contributed by atoms with Crippen LogP contribution < -0.4 is 9.80 Å². The summed E-state index contributed by atoms with van der Waals surface area (Å²) in [6.07, 6.45) is 0. The molecule has 84 heavy (non-hydrogen) atoms. The minimum absolute atomic E-state index is 0.353. The third kappa shape index (κ3) is 7.98. The summed E-state index contributed by atoms with van der Waals surface area (Å²) >= 11 is 0. The molecule has 4 heteroatoms. The van der Waals surface area contributed by atoms with Crippen molar-refractivity contribution in [2.45, 2.75) is 0 Å². The van der Waals surface area contributed by atoms with Crippen LogP contribution in [-0.4, -0.2) is 0 Å². The fourth-order valence-corrected chi connectivity index (χ4v) is 13.3. The Bertz CT molecular complexity index is 4900. The number of fused-ring (bicyclic) bond motifs is 4. The number of anilines is 6. The predicted molar refractivity (Wildman–Crippen MR) is 351 cm³/mol. The monoisotopic (exact) mass is 1080 g/mol. The summed E-state index contributed by atoms with van der Waals surface area (Å²) in [5, 5.41) is 14.7. The Morgan fingerprint density at radius 3 is 0.821 bits per heavy atom. The van der Waals surface area contributed by atoms with Crippen LogP contribution in [0.25, 0.3) is 120 Å². The molecule has 16 aromatic carbocycles. The van der Waals surface area contributed by atoms with Gasteiger partial charge in [0.1, 0.15) is 11.6 Å². The first-order chi connectivity index (χ1) is 41.5. The molecule has 0 heterocycles. The van der Waals surface area contributed by atoms with Crippen molar-refractivity contribution in [1.82, 2.24) is 0 Å². The maximum atomic E-state index is 18.2. The molecule has 0 fully saturated rings. The molecule has 0 aliphatic carbocycles. The van der Waals surface area contributed by atoms with Gasteiger partial charge < -0.3 is 9.80 Å². The minimum atomic E-state index is -0.353. The first-order valence-corrected chi connectivity index (χ1v) is 28.5. The van der Waals surface area contributed by atoms with Crippen LogP contribution in [0.4, 0.5) is 42.9 Å². The van der Waals surface area contributed by atoms with Crippen LogP contribution in [0.2, 0.25) is 0 Å². The molecular weight excluding hydrogens is 1030 g/mol. The van der Waals surface area contributed by atoms with E-state index in [0.717, 1.165) is 143 Å². The number of rotatable bonds is 10. The molecule has 2 nitrogen and oxygen atoms in total. The van der Waals surface area contributed by atoms with Crippen LogP contribution in [0.15, 0.2) is 303 Å². The van der Waals surface area contributed by atoms with Gasteiger partial charge in [-0.1, -0.05) is 243 Å².